The van der Waals surface area contributed by atoms with E-state index in [1.54, 1.807) is 18.2 Å². The Morgan fingerprint density at radius 2 is 2.00 bits per heavy atom. The molecule has 0 bridgehead atoms. The monoisotopic (exact) mass is 351 g/mol. The van der Waals surface area contributed by atoms with Crippen LogP contribution in [-0.2, 0) is 4.79 Å². The highest BCUT2D eigenvalue weighted by atomic mass is 79.9. The van der Waals surface area contributed by atoms with Gasteiger partial charge in [-0.25, -0.2) is 0 Å². The highest BCUT2D eigenvalue weighted by molar-refractivity contribution is 9.11. The summed E-state index contributed by atoms with van der Waals surface area (Å²) in [4.78, 5) is 10.6. The topological polar surface area (TPSA) is 83.6 Å². The van der Waals surface area contributed by atoms with Gasteiger partial charge in [-0.2, -0.15) is 0 Å². The van der Waals surface area contributed by atoms with E-state index in [1.165, 1.54) is 0 Å². The SMILES string of the molecule is NC(=O)CC(O)C(O)c1cc(Br)ccc1Br. The fourth-order valence-corrected chi connectivity index (χ4v) is 2.13. The summed E-state index contributed by atoms with van der Waals surface area (Å²) >= 11 is 6.52. The number of nitrogens with two attached hydrogens (primary N) is 1. The molecule has 0 spiro atoms. The van der Waals surface area contributed by atoms with Crippen LogP contribution in [0.2, 0.25) is 0 Å². The molecular weight excluding hydrogens is 342 g/mol. The molecule has 4 N–H and O–H groups in total. The number of hydrogen-bond acceptors (Lipinski definition) is 3. The normalized spacial score (nSPS) is 14.5. The van der Waals surface area contributed by atoms with Crippen molar-refractivity contribution in [2.24, 2.45) is 5.73 Å². The molecular formula is C10H11Br2NO3. The van der Waals surface area contributed by atoms with E-state index in [4.69, 9.17) is 5.73 Å². The number of rotatable bonds is 4. The molecule has 0 fully saturated rings. The van der Waals surface area contributed by atoms with E-state index >= 15 is 0 Å². The third kappa shape index (κ3) is 3.55. The van der Waals surface area contributed by atoms with Gasteiger partial charge >= 0.3 is 0 Å². The van der Waals surface area contributed by atoms with Crippen LogP contribution in [0.5, 0.6) is 0 Å². The van der Waals surface area contributed by atoms with Crippen LogP contribution in [0.4, 0.5) is 0 Å². The van der Waals surface area contributed by atoms with Crippen LogP contribution in [0.1, 0.15) is 18.1 Å². The van der Waals surface area contributed by atoms with E-state index in [0.29, 0.717) is 10.0 Å². The molecule has 6 heteroatoms. The number of aliphatic hydroxyl groups is 2. The van der Waals surface area contributed by atoms with Crippen LogP contribution in [0.15, 0.2) is 27.1 Å². The first-order chi connectivity index (χ1) is 7.41. The molecule has 1 amide bonds. The Hall–Kier alpha value is -0.430. The van der Waals surface area contributed by atoms with Gasteiger partial charge in [-0.15, -0.1) is 0 Å². The van der Waals surface area contributed by atoms with Gasteiger partial charge in [-0.3, -0.25) is 4.79 Å². The van der Waals surface area contributed by atoms with Crippen LogP contribution in [0, 0.1) is 0 Å². The average Bonchev–Trinajstić information content (AvgIpc) is 2.19. The molecule has 1 aromatic rings. The maximum absolute atomic E-state index is 10.6. The van der Waals surface area contributed by atoms with Gasteiger partial charge in [-0.1, -0.05) is 31.9 Å². The Balaban J connectivity index is 2.90. The maximum Gasteiger partial charge on any atom is 0.220 e. The summed E-state index contributed by atoms with van der Waals surface area (Å²) in [6.07, 6.45) is -2.64. The van der Waals surface area contributed by atoms with Crippen molar-refractivity contribution in [3.8, 4) is 0 Å². The second-order valence-electron chi connectivity index (χ2n) is 3.35. The smallest absolute Gasteiger partial charge is 0.220 e. The van der Waals surface area contributed by atoms with Gasteiger partial charge < -0.3 is 15.9 Å². The van der Waals surface area contributed by atoms with Crippen molar-refractivity contribution in [3.05, 3.63) is 32.7 Å². The molecule has 1 aromatic carbocycles. The first-order valence-electron chi connectivity index (χ1n) is 4.51. The quantitative estimate of drug-likeness (QED) is 0.767. The van der Waals surface area contributed by atoms with Crippen LogP contribution >= 0.6 is 31.9 Å². The summed E-state index contributed by atoms with van der Waals surface area (Å²) in [6.45, 7) is 0. The summed E-state index contributed by atoms with van der Waals surface area (Å²) in [7, 11) is 0. The van der Waals surface area contributed by atoms with Crippen LogP contribution in [-0.4, -0.2) is 22.2 Å². The fraction of sp³-hybridized carbons (Fsp3) is 0.300. The van der Waals surface area contributed by atoms with Crippen molar-refractivity contribution < 1.29 is 15.0 Å². The Kier molecular flexibility index (Phi) is 4.91. The Bertz CT molecular complexity index is 398. The first-order valence-corrected chi connectivity index (χ1v) is 6.10. The van der Waals surface area contributed by atoms with Crippen molar-refractivity contribution >= 4 is 37.8 Å². The molecule has 0 aliphatic rings. The molecule has 2 atom stereocenters. The Morgan fingerprint density at radius 1 is 1.38 bits per heavy atom. The van der Waals surface area contributed by atoms with Crippen LogP contribution in [0.3, 0.4) is 0 Å². The third-order valence-corrected chi connectivity index (χ3v) is 3.27. The van der Waals surface area contributed by atoms with E-state index in [-0.39, 0.29) is 6.42 Å². The number of aliphatic hydroxyl groups excluding tert-OH is 2. The van der Waals surface area contributed by atoms with Crippen LogP contribution in [0.25, 0.3) is 0 Å². The summed E-state index contributed by atoms with van der Waals surface area (Å²) in [5.74, 6) is -0.655. The largest absolute Gasteiger partial charge is 0.390 e. The predicted molar refractivity (Wildman–Crippen MR) is 66.6 cm³/mol. The lowest BCUT2D eigenvalue weighted by Crippen LogP contribution is -2.25. The second kappa shape index (κ2) is 5.77. The molecule has 0 heterocycles. The molecule has 1 rings (SSSR count). The molecule has 0 aliphatic carbocycles. The zero-order valence-electron chi connectivity index (χ0n) is 8.23. The predicted octanol–water partition coefficient (Wildman–Crippen LogP) is 1.48. The van der Waals surface area contributed by atoms with E-state index < -0.39 is 18.1 Å². The van der Waals surface area contributed by atoms with Gasteiger partial charge in [0.2, 0.25) is 5.91 Å². The summed E-state index contributed by atoms with van der Waals surface area (Å²) in [5, 5.41) is 19.4. The number of amides is 1. The van der Waals surface area contributed by atoms with Crippen molar-refractivity contribution in [2.45, 2.75) is 18.6 Å². The molecule has 2 unspecified atom stereocenters. The van der Waals surface area contributed by atoms with Crippen molar-refractivity contribution in [1.82, 2.24) is 0 Å². The minimum Gasteiger partial charge on any atom is -0.390 e. The van der Waals surface area contributed by atoms with Crippen molar-refractivity contribution in [1.29, 1.82) is 0 Å². The van der Waals surface area contributed by atoms with E-state index in [9.17, 15) is 15.0 Å². The summed E-state index contributed by atoms with van der Waals surface area (Å²) in [6, 6.07) is 5.19. The molecule has 0 radical (unpaired) electrons. The summed E-state index contributed by atoms with van der Waals surface area (Å²) in [5.41, 5.74) is 5.45. The number of benzene rings is 1. The molecule has 0 aliphatic heterocycles. The molecule has 16 heavy (non-hydrogen) atoms. The Morgan fingerprint density at radius 3 is 2.56 bits per heavy atom. The molecule has 4 nitrogen and oxygen atoms in total. The Labute approximate surface area is 110 Å². The maximum atomic E-state index is 10.6. The van der Waals surface area contributed by atoms with Gasteiger partial charge in [0.25, 0.3) is 0 Å². The lowest BCUT2D eigenvalue weighted by Gasteiger charge is -2.18. The standard InChI is InChI=1S/C10H11Br2NO3/c11-5-1-2-7(12)6(3-5)10(16)8(14)4-9(13)15/h1-3,8,10,14,16H,4H2,(H2,13,15). The first kappa shape index (κ1) is 13.6. The molecule has 0 saturated carbocycles. The van der Waals surface area contributed by atoms with Crippen LogP contribution < -0.4 is 5.73 Å². The number of carbonyl (C=O) groups excluding carboxylic acids is 1. The molecule has 0 aromatic heterocycles. The summed E-state index contributed by atoms with van der Waals surface area (Å²) < 4.78 is 1.43. The molecule has 0 saturated heterocycles. The number of carbonyl (C=O) groups is 1. The molecule has 88 valence electrons. The highest BCUT2D eigenvalue weighted by Crippen LogP contribution is 2.29. The number of hydrogen-bond donors (Lipinski definition) is 3. The van der Waals surface area contributed by atoms with Crippen molar-refractivity contribution in [2.75, 3.05) is 0 Å². The zero-order chi connectivity index (χ0) is 12.3. The van der Waals surface area contributed by atoms with E-state index in [0.717, 1.165) is 4.47 Å². The van der Waals surface area contributed by atoms with Gasteiger partial charge in [0, 0.05) is 8.95 Å². The highest BCUT2D eigenvalue weighted by Gasteiger charge is 2.22. The third-order valence-electron chi connectivity index (χ3n) is 2.05. The van der Waals surface area contributed by atoms with E-state index in [2.05, 4.69) is 31.9 Å². The number of halogens is 2. The van der Waals surface area contributed by atoms with Gasteiger partial charge in [-0.05, 0) is 23.8 Å². The number of primary amides is 1. The van der Waals surface area contributed by atoms with Gasteiger partial charge in [0.15, 0.2) is 0 Å². The van der Waals surface area contributed by atoms with Crippen molar-refractivity contribution in [3.63, 3.8) is 0 Å². The zero-order valence-corrected chi connectivity index (χ0v) is 11.4. The fourth-order valence-electron chi connectivity index (χ4n) is 1.27. The lowest BCUT2D eigenvalue weighted by atomic mass is 10.0. The lowest BCUT2D eigenvalue weighted by molar-refractivity contribution is -0.121. The minimum atomic E-state index is -1.21. The van der Waals surface area contributed by atoms with Gasteiger partial charge in [0.1, 0.15) is 6.10 Å². The second-order valence-corrected chi connectivity index (χ2v) is 5.12. The minimum absolute atomic E-state index is 0.278. The van der Waals surface area contributed by atoms with E-state index in [1.807, 2.05) is 0 Å². The average molecular weight is 353 g/mol. The van der Waals surface area contributed by atoms with Gasteiger partial charge in [0.05, 0.1) is 12.5 Å².